The van der Waals surface area contributed by atoms with E-state index in [1.165, 1.54) is 0 Å². The first-order chi connectivity index (χ1) is 13.7. The lowest BCUT2D eigenvalue weighted by Gasteiger charge is -2.12. The zero-order valence-corrected chi connectivity index (χ0v) is 19.0. The van der Waals surface area contributed by atoms with Gasteiger partial charge in [0.2, 0.25) is 6.79 Å². The molecule has 1 aliphatic rings. The van der Waals surface area contributed by atoms with Crippen LogP contribution in [0.4, 0.5) is 0 Å². The lowest BCUT2D eigenvalue weighted by atomic mass is 10.1. The highest BCUT2D eigenvalue weighted by atomic mass is 127. The molecule has 0 fully saturated rings. The molecule has 0 bridgehead atoms. The molecule has 0 spiro atoms. The highest BCUT2D eigenvalue weighted by Gasteiger charge is 2.13. The molecule has 2 aromatic rings. The minimum absolute atomic E-state index is 0. The zero-order chi connectivity index (χ0) is 19.8. The number of nitrogens with zero attached hydrogens (tertiary/aromatic N) is 1. The van der Waals surface area contributed by atoms with E-state index in [4.69, 9.17) is 9.47 Å². The molecule has 3 rings (SSSR count). The largest absolute Gasteiger partial charge is 0.454 e. The summed E-state index contributed by atoms with van der Waals surface area (Å²) in [5.41, 5.74) is 2.70. The monoisotopic (exact) mass is 510 g/mol. The van der Waals surface area contributed by atoms with Gasteiger partial charge >= 0.3 is 0 Å². The zero-order valence-electron chi connectivity index (χ0n) is 16.7. The summed E-state index contributed by atoms with van der Waals surface area (Å²) in [5.74, 6) is 2.18. The quantitative estimate of drug-likeness (QED) is 0.303. The average Bonchev–Trinajstić information content (AvgIpc) is 3.18. The molecule has 0 aromatic heterocycles. The van der Waals surface area contributed by atoms with E-state index >= 15 is 0 Å². The first-order valence-corrected chi connectivity index (χ1v) is 9.47. The fraction of sp³-hybridized carbons (Fsp3) is 0.333. The summed E-state index contributed by atoms with van der Waals surface area (Å²) in [6.07, 6.45) is 0. The normalized spacial score (nSPS) is 12.1. The number of aliphatic imine (C=N–C) groups is 1. The summed E-state index contributed by atoms with van der Waals surface area (Å²) in [7, 11) is 0. The van der Waals surface area contributed by atoms with Crippen molar-refractivity contribution in [3.63, 3.8) is 0 Å². The van der Waals surface area contributed by atoms with Crippen LogP contribution in [0.5, 0.6) is 11.5 Å². The van der Waals surface area contributed by atoms with E-state index in [9.17, 15) is 4.79 Å². The highest BCUT2D eigenvalue weighted by molar-refractivity contribution is 14.0. The van der Waals surface area contributed by atoms with Gasteiger partial charge < -0.3 is 25.4 Å². The van der Waals surface area contributed by atoms with Crippen LogP contribution in [0.25, 0.3) is 0 Å². The maximum absolute atomic E-state index is 12.0. The number of halogens is 1. The molecule has 156 valence electrons. The van der Waals surface area contributed by atoms with Gasteiger partial charge in [-0.2, -0.15) is 0 Å². The van der Waals surface area contributed by atoms with Crippen LogP contribution in [0.15, 0.2) is 47.5 Å². The number of rotatable bonds is 7. The number of ether oxygens (including phenoxy) is 2. The predicted molar refractivity (Wildman–Crippen MR) is 124 cm³/mol. The average molecular weight is 510 g/mol. The molecule has 0 aliphatic carbocycles. The van der Waals surface area contributed by atoms with Crippen molar-refractivity contribution in [2.45, 2.75) is 26.9 Å². The number of carbonyl (C=O) groups is 1. The molecule has 0 saturated heterocycles. The molecule has 1 heterocycles. The number of nitrogens with one attached hydrogen (secondary N) is 3. The Morgan fingerprint density at radius 3 is 2.55 bits per heavy atom. The minimum atomic E-state index is -0.0684. The molecule has 2 aromatic carbocycles. The van der Waals surface area contributed by atoms with E-state index in [1.807, 2.05) is 50.2 Å². The highest BCUT2D eigenvalue weighted by Crippen LogP contribution is 2.32. The lowest BCUT2D eigenvalue weighted by Crippen LogP contribution is -2.36. The molecule has 0 unspecified atom stereocenters. The Morgan fingerprint density at radius 2 is 1.76 bits per heavy atom. The Kier molecular flexibility index (Phi) is 9.04. The van der Waals surface area contributed by atoms with Gasteiger partial charge in [0.25, 0.3) is 5.91 Å². The van der Waals surface area contributed by atoms with Crippen LogP contribution in [0.3, 0.4) is 0 Å². The molecular formula is C21H27IN4O3. The van der Waals surface area contributed by atoms with Gasteiger partial charge in [0.15, 0.2) is 17.5 Å². The SMILES string of the molecule is CCNC(=O)c1cccc(CN=C(NCC)NCc2ccc3c(c2)OCO3)c1.I. The second kappa shape index (κ2) is 11.5. The molecule has 7 nitrogen and oxygen atoms in total. The third kappa shape index (κ3) is 6.52. The van der Waals surface area contributed by atoms with E-state index in [0.29, 0.717) is 31.2 Å². The van der Waals surface area contributed by atoms with Crippen molar-refractivity contribution in [1.29, 1.82) is 0 Å². The first kappa shape index (κ1) is 22.8. The smallest absolute Gasteiger partial charge is 0.251 e. The maximum atomic E-state index is 12.0. The Hall–Kier alpha value is -2.49. The number of amides is 1. The van der Waals surface area contributed by atoms with Gasteiger partial charge in [0, 0.05) is 25.2 Å². The summed E-state index contributed by atoms with van der Waals surface area (Å²) in [4.78, 5) is 16.6. The topological polar surface area (TPSA) is 84.0 Å². The fourth-order valence-corrected chi connectivity index (χ4v) is 2.82. The predicted octanol–water partition coefficient (Wildman–Crippen LogP) is 3.04. The van der Waals surface area contributed by atoms with E-state index in [0.717, 1.165) is 29.2 Å². The summed E-state index contributed by atoms with van der Waals surface area (Å²) in [6.45, 7) is 6.65. The molecule has 29 heavy (non-hydrogen) atoms. The van der Waals surface area contributed by atoms with Crippen LogP contribution in [-0.4, -0.2) is 31.7 Å². The van der Waals surface area contributed by atoms with Crippen LogP contribution in [-0.2, 0) is 13.1 Å². The van der Waals surface area contributed by atoms with Gasteiger partial charge in [-0.25, -0.2) is 4.99 Å². The van der Waals surface area contributed by atoms with Crippen LogP contribution in [0.2, 0.25) is 0 Å². The van der Waals surface area contributed by atoms with Crippen molar-refractivity contribution >= 4 is 35.8 Å². The molecule has 1 amide bonds. The number of benzene rings is 2. The van der Waals surface area contributed by atoms with Gasteiger partial charge in [-0.3, -0.25) is 4.79 Å². The number of carbonyl (C=O) groups excluding carboxylic acids is 1. The van der Waals surface area contributed by atoms with E-state index < -0.39 is 0 Å². The van der Waals surface area contributed by atoms with E-state index in [-0.39, 0.29) is 36.7 Å². The summed E-state index contributed by atoms with van der Waals surface area (Å²) in [6, 6.07) is 13.4. The third-order valence-electron chi connectivity index (χ3n) is 4.19. The molecule has 0 saturated carbocycles. The maximum Gasteiger partial charge on any atom is 0.251 e. The van der Waals surface area contributed by atoms with Gasteiger partial charge in [0.1, 0.15) is 0 Å². The van der Waals surface area contributed by atoms with E-state index in [2.05, 4.69) is 20.9 Å². The number of hydrogen-bond donors (Lipinski definition) is 3. The minimum Gasteiger partial charge on any atom is -0.454 e. The van der Waals surface area contributed by atoms with Gasteiger partial charge in [-0.1, -0.05) is 18.2 Å². The molecular weight excluding hydrogens is 483 g/mol. The second-order valence-corrected chi connectivity index (χ2v) is 6.30. The summed E-state index contributed by atoms with van der Waals surface area (Å²) < 4.78 is 10.8. The number of hydrogen-bond acceptors (Lipinski definition) is 4. The summed E-state index contributed by atoms with van der Waals surface area (Å²) in [5, 5.41) is 9.37. The van der Waals surface area contributed by atoms with Crippen LogP contribution in [0, 0.1) is 0 Å². The Labute approximate surface area is 188 Å². The van der Waals surface area contributed by atoms with Crippen molar-refractivity contribution < 1.29 is 14.3 Å². The van der Waals surface area contributed by atoms with Crippen molar-refractivity contribution in [1.82, 2.24) is 16.0 Å². The van der Waals surface area contributed by atoms with Crippen molar-refractivity contribution in [3.8, 4) is 11.5 Å². The number of fused-ring (bicyclic) bond motifs is 1. The van der Waals surface area contributed by atoms with Crippen molar-refractivity contribution in [2.24, 2.45) is 4.99 Å². The van der Waals surface area contributed by atoms with Crippen LogP contribution >= 0.6 is 24.0 Å². The lowest BCUT2D eigenvalue weighted by molar-refractivity contribution is 0.0955. The summed E-state index contributed by atoms with van der Waals surface area (Å²) >= 11 is 0. The van der Waals surface area contributed by atoms with E-state index in [1.54, 1.807) is 6.07 Å². The Morgan fingerprint density at radius 1 is 0.966 bits per heavy atom. The molecule has 3 N–H and O–H groups in total. The Bertz CT molecular complexity index is 858. The van der Waals surface area contributed by atoms with Crippen molar-refractivity contribution in [3.05, 3.63) is 59.2 Å². The molecule has 1 aliphatic heterocycles. The second-order valence-electron chi connectivity index (χ2n) is 6.30. The third-order valence-corrected chi connectivity index (χ3v) is 4.19. The standard InChI is InChI=1S/C21H26N4O3.HI/c1-3-22-20(26)17-7-5-6-15(10-17)12-24-21(23-4-2)25-13-16-8-9-18-19(11-16)28-14-27-18;/h5-11H,3-4,12-14H2,1-2H3,(H,22,26)(H2,23,24,25);1H. The van der Waals surface area contributed by atoms with Gasteiger partial charge in [0.05, 0.1) is 6.54 Å². The number of guanidine groups is 1. The molecule has 0 radical (unpaired) electrons. The van der Waals surface area contributed by atoms with Gasteiger partial charge in [-0.05, 0) is 49.2 Å². The van der Waals surface area contributed by atoms with Crippen LogP contribution in [0.1, 0.15) is 35.3 Å². The van der Waals surface area contributed by atoms with Crippen LogP contribution < -0.4 is 25.4 Å². The Balaban J connectivity index is 0.00000300. The fourth-order valence-electron chi connectivity index (χ4n) is 2.82. The van der Waals surface area contributed by atoms with Crippen molar-refractivity contribution in [2.75, 3.05) is 19.9 Å². The molecule has 0 atom stereocenters. The molecule has 8 heteroatoms. The van der Waals surface area contributed by atoms with Gasteiger partial charge in [-0.15, -0.1) is 24.0 Å². The first-order valence-electron chi connectivity index (χ1n) is 9.47.